The van der Waals surface area contributed by atoms with Gasteiger partial charge in [0.25, 0.3) is 0 Å². The van der Waals surface area contributed by atoms with E-state index in [4.69, 9.17) is 17.3 Å². The van der Waals surface area contributed by atoms with Crippen molar-refractivity contribution in [2.45, 2.75) is 30.6 Å². The van der Waals surface area contributed by atoms with Gasteiger partial charge in [-0.05, 0) is 43.1 Å². The van der Waals surface area contributed by atoms with Crippen molar-refractivity contribution in [3.8, 4) is 0 Å². The van der Waals surface area contributed by atoms with Crippen molar-refractivity contribution in [1.82, 2.24) is 9.29 Å². The Kier molecular flexibility index (Phi) is 3.88. The second kappa shape index (κ2) is 5.41. The molecule has 0 aromatic carbocycles. The maximum atomic E-state index is 12.6. The summed E-state index contributed by atoms with van der Waals surface area (Å²) < 4.78 is 26.6. The predicted molar refractivity (Wildman–Crippen MR) is 82.4 cm³/mol. The van der Waals surface area contributed by atoms with Crippen LogP contribution in [0.25, 0.3) is 0 Å². The predicted octanol–water partition coefficient (Wildman–Crippen LogP) is 2.37. The van der Waals surface area contributed by atoms with E-state index in [2.05, 4.69) is 4.98 Å². The third-order valence-corrected chi connectivity index (χ3v) is 7.02. The van der Waals surface area contributed by atoms with Gasteiger partial charge in [0.15, 0.2) is 0 Å². The maximum absolute atomic E-state index is 12.6. The van der Waals surface area contributed by atoms with Crippen molar-refractivity contribution >= 4 is 27.4 Å². The lowest BCUT2D eigenvalue weighted by atomic mass is 9.89. The molecule has 0 amide bonds. The number of pyridine rings is 1. The van der Waals surface area contributed by atoms with Gasteiger partial charge in [0, 0.05) is 19.8 Å². The summed E-state index contributed by atoms with van der Waals surface area (Å²) in [6.07, 6.45) is 6.26. The summed E-state index contributed by atoms with van der Waals surface area (Å²) in [6.45, 7) is 0.575. The standard InChI is InChI=1S/C14H20ClN3O2S/c1-18(8-11-5-9-2-3-10(11)4-9)21(19,20)12-6-13(15)14(16)17-7-12/h6-7,9-11H,2-5,8H2,1H3,(H2,16,17). The monoisotopic (exact) mass is 329 g/mol. The van der Waals surface area contributed by atoms with E-state index in [0.717, 1.165) is 12.3 Å². The zero-order valence-corrected chi connectivity index (χ0v) is 13.6. The number of nitrogen functional groups attached to an aromatic ring is 1. The highest BCUT2D eigenvalue weighted by Crippen LogP contribution is 2.48. The molecule has 2 fully saturated rings. The summed E-state index contributed by atoms with van der Waals surface area (Å²) in [5.74, 6) is 2.14. The Morgan fingerprint density at radius 3 is 2.76 bits per heavy atom. The van der Waals surface area contributed by atoms with E-state index < -0.39 is 10.0 Å². The molecule has 7 heteroatoms. The summed E-state index contributed by atoms with van der Waals surface area (Å²) in [5, 5.41) is 0.171. The molecule has 0 aliphatic heterocycles. The zero-order chi connectivity index (χ0) is 15.2. The average molecular weight is 330 g/mol. The van der Waals surface area contributed by atoms with Gasteiger partial charge in [-0.15, -0.1) is 0 Å². The summed E-state index contributed by atoms with van der Waals surface area (Å²) in [7, 11) is -1.92. The van der Waals surface area contributed by atoms with E-state index in [-0.39, 0.29) is 15.7 Å². The van der Waals surface area contributed by atoms with Gasteiger partial charge in [0.2, 0.25) is 10.0 Å². The number of hydrogen-bond donors (Lipinski definition) is 1. The lowest BCUT2D eigenvalue weighted by molar-refractivity contribution is 0.280. The molecular weight excluding hydrogens is 310 g/mol. The van der Waals surface area contributed by atoms with Crippen molar-refractivity contribution < 1.29 is 8.42 Å². The van der Waals surface area contributed by atoms with Crippen LogP contribution in [0.3, 0.4) is 0 Å². The number of sulfonamides is 1. The molecule has 5 nitrogen and oxygen atoms in total. The first-order valence-electron chi connectivity index (χ1n) is 7.25. The minimum atomic E-state index is -3.55. The van der Waals surface area contributed by atoms with Gasteiger partial charge >= 0.3 is 0 Å². The van der Waals surface area contributed by atoms with E-state index in [0.29, 0.717) is 18.4 Å². The molecule has 116 valence electrons. The highest BCUT2D eigenvalue weighted by Gasteiger charge is 2.40. The SMILES string of the molecule is CN(CC1CC2CCC1C2)S(=O)(=O)c1cnc(N)c(Cl)c1. The lowest BCUT2D eigenvalue weighted by Gasteiger charge is -2.26. The molecule has 3 atom stereocenters. The molecule has 3 unspecified atom stereocenters. The number of halogens is 1. The summed E-state index contributed by atoms with van der Waals surface area (Å²) >= 11 is 5.88. The molecule has 2 aliphatic rings. The molecule has 0 spiro atoms. The summed E-state index contributed by atoms with van der Waals surface area (Å²) in [6, 6.07) is 1.37. The minimum absolute atomic E-state index is 0.104. The second-order valence-corrected chi connectivity index (χ2v) is 8.71. The molecule has 2 N–H and O–H groups in total. The number of hydrogen-bond acceptors (Lipinski definition) is 4. The molecule has 1 heterocycles. The maximum Gasteiger partial charge on any atom is 0.244 e. The van der Waals surface area contributed by atoms with Gasteiger partial charge in [-0.2, -0.15) is 0 Å². The minimum Gasteiger partial charge on any atom is -0.382 e. The summed E-state index contributed by atoms with van der Waals surface area (Å²) in [5.41, 5.74) is 5.53. The van der Waals surface area contributed by atoms with Crippen molar-refractivity contribution in [2.75, 3.05) is 19.3 Å². The lowest BCUT2D eigenvalue weighted by Crippen LogP contribution is -2.33. The fourth-order valence-corrected chi connectivity index (χ4v) is 5.21. The third kappa shape index (κ3) is 2.76. The Morgan fingerprint density at radius 1 is 1.43 bits per heavy atom. The molecule has 2 bridgehead atoms. The number of aromatic nitrogens is 1. The van der Waals surface area contributed by atoms with E-state index in [9.17, 15) is 8.42 Å². The number of rotatable bonds is 4. The van der Waals surface area contributed by atoms with Gasteiger partial charge in [0.05, 0.1) is 5.02 Å². The van der Waals surface area contributed by atoms with Gasteiger partial charge in [0.1, 0.15) is 10.7 Å². The molecule has 1 aromatic rings. The van der Waals surface area contributed by atoms with Crippen LogP contribution in [0.4, 0.5) is 5.82 Å². The Hall–Kier alpha value is -0.850. The largest absolute Gasteiger partial charge is 0.382 e. The molecular formula is C14H20ClN3O2S. The molecule has 2 saturated carbocycles. The smallest absolute Gasteiger partial charge is 0.244 e. The molecule has 2 aliphatic carbocycles. The van der Waals surface area contributed by atoms with Crippen molar-refractivity contribution in [3.05, 3.63) is 17.3 Å². The first kappa shape index (κ1) is 15.1. The Balaban J connectivity index is 1.76. The topological polar surface area (TPSA) is 76.3 Å². The first-order valence-corrected chi connectivity index (χ1v) is 9.07. The van der Waals surface area contributed by atoms with Gasteiger partial charge < -0.3 is 5.73 Å². The Morgan fingerprint density at radius 2 is 2.19 bits per heavy atom. The van der Waals surface area contributed by atoms with Crippen LogP contribution in [0.15, 0.2) is 17.2 Å². The average Bonchev–Trinajstić information content (AvgIpc) is 3.04. The van der Waals surface area contributed by atoms with E-state index in [1.165, 1.54) is 35.8 Å². The van der Waals surface area contributed by atoms with E-state index in [1.54, 1.807) is 7.05 Å². The number of fused-ring (bicyclic) bond motifs is 2. The Bertz CT molecular complexity index is 650. The van der Waals surface area contributed by atoms with Crippen molar-refractivity contribution in [3.63, 3.8) is 0 Å². The zero-order valence-electron chi connectivity index (χ0n) is 12.0. The third-order valence-electron chi connectivity index (χ3n) is 4.93. The van der Waals surface area contributed by atoms with Crippen LogP contribution < -0.4 is 5.73 Å². The Labute approximate surface area is 130 Å². The van der Waals surface area contributed by atoms with Crippen LogP contribution in [-0.4, -0.2) is 31.3 Å². The molecule has 21 heavy (non-hydrogen) atoms. The van der Waals surface area contributed by atoms with Crippen LogP contribution in [0.1, 0.15) is 25.7 Å². The van der Waals surface area contributed by atoms with Crippen LogP contribution in [0, 0.1) is 17.8 Å². The highest BCUT2D eigenvalue weighted by atomic mass is 35.5. The quantitative estimate of drug-likeness (QED) is 0.920. The molecule has 1 aromatic heterocycles. The number of nitrogens with zero attached hydrogens (tertiary/aromatic N) is 2. The van der Waals surface area contributed by atoms with Crippen molar-refractivity contribution in [1.29, 1.82) is 0 Å². The summed E-state index contributed by atoms with van der Waals surface area (Å²) in [4.78, 5) is 3.94. The van der Waals surface area contributed by atoms with Gasteiger partial charge in [-0.25, -0.2) is 17.7 Å². The van der Waals surface area contributed by atoms with Gasteiger partial charge in [-0.3, -0.25) is 0 Å². The van der Waals surface area contributed by atoms with Crippen molar-refractivity contribution in [2.24, 2.45) is 17.8 Å². The van der Waals surface area contributed by atoms with E-state index in [1.807, 2.05) is 0 Å². The molecule has 3 rings (SSSR count). The van der Waals surface area contributed by atoms with E-state index >= 15 is 0 Å². The van der Waals surface area contributed by atoms with Gasteiger partial charge in [-0.1, -0.05) is 18.0 Å². The normalized spacial score (nSPS) is 28.4. The molecule has 0 saturated heterocycles. The van der Waals surface area contributed by atoms with Crippen LogP contribution in [0.5, 0.6) is 0 Å². The fourth-order valence-electron chi connectivity index (χ4n) is 3.78. The second-order valence-electron chi connectivity index (χ2n) is 6.26. The highest BCUT2D eigenvalue weighted by molar-refractivity contribution is 7.89. The first-order chi connectivity index (χ1) is 9.88. The van der Waals surface area contributed by atoms with Crippen LogP contribution >= 0.6 is 11.6 Å². The number of anilines is 1. The van der Waals surface area contributed by atoms with Crippen LogP contribution in [0.2, 0.25) is 5.02 Å². The van der Waals surface area contributed by atoms with Crippen LogP contribution in [-0.2, 0) is 10.0 Å². The fraction of sp³-hybridized carbons (Fsp3) is 0.643. The number of nitrogens with two attached hydrogens (primary N) is 1. The molecule has 0 radical (unpaired) electrons.